The van der Waals surface area contributed by atoms with Crippen molar-refractivity contribution >= 4 is 15.6 Å². The third-order valence-electron chi connectivity index (χ3n) is 2.83. The zero-order chi connectivity index (χ0) is 14.8. The number of rotatable bonds is 4. The summed E-state index contributed by atoms with van der Waals surface area (Å²) in [6.07, 6.45) is 0. The Morgan fingerprint density at radius 2 is 1.80 bits per heavy atom. The van der Waals surface area contributed by atoms with Crippen LogP contribution in [0.2, 0.25) is 0 Å². The molecule has 0 bridgehead atoms. The van der Waals surface area contributed by atoms with Crippen LogP contribution in [-0.4, -0.2) is 20.0 Å². The molecule has 2 rings (SSSR count). The maximum absolute atomic E-state index is 13.5. The monoisotopic (exact) mass is 292 g/mol. The number of hydrogen-bond acceptors (Lipinski definition) is 3. The van der Waals surface area contributed by atoms with Gasteiger partial charge in [-0.2, -0.15) is 0 Å². The average molecular weight is 292 g/mol. The lowest BCUT2D eigenvalue weighted by molar-refractivity contribution is 0.102. The van der Waals surface area contributed by atoms with Gasteiger partial charge in [-0.3, -0.25) is 4.79 Å². The second-order valence-corrected chi connectivity index (χ2v) is 6.44. The van der Waals surface area contributed by atoms with E-state index < -0.39 is 32.1 Å². The molecule has 104 valence electrons. The molecule has 5 heteroatoms. The van der Waals surface area contributed by atoms with Crippen molar-refractivity contribution in [3.63, 3.8) is 0 Å². The van der Waals surface area contributed by atoms with E-state index in [2.05, 4.69) is 0 Å². The van der Waals surface area contributed by atoms with Crippen molar-refractivity contribution in [3.05, 3.63) is 65.5 Å². The Balaban J connectivity index is 2.30. The van der Waals surface area contributed by atoms with Crippen LogP contribution in [0.1, 0.15) is 15.9 Å². The van der Waals surface area contributed by atoms with Gasteiger partial charge in [0.05, 0.1) is 0 Å². The van der Waals surface area contributed by atoms with Crippen molar-refractivity contribution in [2.45, 2.75) is 11.8 Å². The van der Waals surface area contributed by atoms with Crippen molar-refractivity contribution in [1.82, 2.24) is 0 Å². The predicted octanol–water partition coefficient (Wildman–Crippen LogP) is 2.79. The molecule has 0 heterocycles. The van der Waals surface area contributed by atoms with Gasteiger partial charge in [-0.1, -0.05) is 35.9 Å². The molecule has 3 nitrogen and oxygen atoms in total. The normalized spacial score (nSPS) is 11.3. The molecule has 0 fully saturated rings. The zero-order valence-electron chi connectivity index (χ0n) is 10.8. The minimum Gasteiger partial charge on any atom is -0.293 e. The van der Waals surface area contributed by atoms with E-state index in [9.17, 15) is 17.6 Å². The number of sulfone groups is 1. The molecule has 0 aliphatic heterocycles. The summed E-state index contributed by atoms with van der Waals surface area (Å²) in [4.78, 5) is 11.6. The molecule has 0 spiro atoms. The first-order valence-electron chi connectivity index (χ1n) is 5.97. The first-order valence-corrected chi connectivity index (χ1v) is 7.62. The van der Waals surface area contributed by atoms with Crippen LogP contribution >= 0.6 is 0 Å². The van der Waals surface area contributed by atoms with E-state index in [4.69, 9.17) is 0 Å². The number of carbonyl (C=O) groups excluding carboxylic acids is 1. The van der Waals surface area contributed by atoms with Gasteiger partial charge in [0.1, 0.15) is 16.5 Å². The fourth-order valence-corrected chi connectivity index (χ4v) is 3.17. The summed E-state index contributed by atoms with van der Waals surface area (Å²) in [5.74, 6) is -2.13. The van der Waals surface area contributed by atoms with Crippen LogP contribution in [0, 0.1) is 12.7 Å². The van der Waals surface area contributed by atoms with Crippen LogP contribution in [0.3, 0.4) is 0 Å². The van der Waals surface area contributed by atoms with Gasteiger partial charge in [0.15, 0.2) is 15.6 Å². The molecule has 0 unspecified atom stereocenters. The average Bonchev–Trinajstić information content (AvgIpc) is 2.38. The molecule has 0 aromatic heterocycles. The van der Waals surface area contributed by atoms with Crippen molar-refractivity contribution in [3.8, 4) is 0 Å². The molecule has 2 aromatic carbocycles. The van der Waals surface area contributed by atoms with Crippen molar-refractivity contribution in [2.24, 2.45) is 0 Å². The highest BCUT2D eigenvalue weighted by atomic mass is 32.2. The Bertz CT molecular complexity index is 751. The highest BCUT2D eigenvalue weighted by Crippen LogP contribution is 2.17. The summed E-state index contributed by atoms with van der Waals surface area (Å²) in [5.41, 5.74) is 1.17. The van der Waals surface area contributed by atoms with E-state index in [-0.39, 0.29) is 0 Å². The van der Waals surface area contributed by atoms with Gasteiger partial charge >= 0.3 is 0 Å². The summed E-state index contributed by atoms with van der Waals surface area (Å²) in [6, 6.07) is 11.7. The number of ketones is 1. The zero-order valence-corrected chi connectivity index (χ0v) is 11.7. The number of aryl methyl sites for hydroxylation is 1. The van der Waals surface area contributed by atoms with Crippen molar-refractivity contribution in [1.29, 1.82) is 0 Å². The topological polar surface area (TPSA) is 51.2 Å². The smallest absolute Gasteiger partial charge is 0.188 e. The molecule has 0 saturated carbocycles. The van der Waals surface area contributed by atoms with E-state index in [1.54, 1.807) is 18.2 Å². The van der Waals surface area contributed by atoms with Crippen LogP contribution < -0.4 is 0 Å². The van der Waals surface area contributed by atoms with Crippen molar-refractivity contribution < 1.29 is 17.6 Å². The molecule has 0 aliphatic rings. The Morgan fingerprint density at radius 3 is 2.45 bits per heavy atom. The maximum atomic E-state index is 13.5. The third kappa shape index (κ3) is 3.11. The molecular weight excluding hydrogens is 279 g/mol. The number of hydrogen-bond donors (Lipinski definition) is 0. The van der Waals surface area contributed by atoms with Gasteiger partial charge in [-0.05, 0) is 25.1 Å². The van der Waals surface area contributed by atoms with E-state index in [1.165, 1.54) is 12.1 Å². The molecule has 0 N–H and O–H groups in total. The first kappa shape index (κ1) is 14.4. The quantitative estimate of drug-likeness (QED) is 0.814. The van der Waals surface area contributed by atoms with Crippen LogP contribution in [0.5, 0.6) is 0 Å². The van der Waals surface area contributed by atoms with Crippen LogP contribution in [0.25, 0.3) is 0 Å². The van der Waals surface area contributed by atoms with Crippen LogP contribution in [0.4, 0.5) is 4.39 Å². The molecule has 0 saturated heterocycles. The highest BCUT2D eigenvalue weighted by Gasteiger charge is 2.23. The number of Topliss-reactive ketones (excluding diaryl/α,β-unsaturated/α-hetero) is 1. The lowest BCUT2D eigenvalue weighted by Gasteiger charge is -2.05. The van der Waals surface area contributed by atoms with Gasteiger partial charge in [0.2, 0.25) is 0 Å². The van der Waals surface area contributed by atoms with Crippen LogP contribution in [0.15, 0.2) is 53.4 Å². The summed E-state index contributed by atoms with van der Waals surface area (Å²) in [5, 5.41) is 0. The van der Waals surface area contributed by atoms with Gasteiger partial charge in [-0.25, -0.2) is 12.8 Å². The van der Waals surface area contributed by atoms with E-state index >= 15 is 0 Å². The largest absolute Gasteiger partial charge is 0.293 e. The second-order valence-electron chi connectivity index (χ2n) is 4.48. The maximum Gasteiger partial charge on any atom is 0.188 e. The van der Waals surface area contributed by atoms with E-state index in [0.29, 0.717) is 5.56 Å². The van der Waals surface area contributed by atoms with Gasteiger partial charge in [0.25, 0.3) is 0 Å². The SMILES string of the molecule is Cc1cccc(C(=O)CS(=O)(=O)c2ccccc2F)c1. The minimum atomic E-state index is -3.98. The summed E-state index contributed by atoms with van der Waals surface area (Å²) >= 11 is 0. The minimum absolute atomic E-state index is 0.310. The fourth-order valence-electron chi connectivity index (χ4n) is 1.85. The van der Waals surface area contributed by atoms with Gasteiger partial charge in [-0.15, -0.1) is 0 Å². The summed E-state index contributed by atoms with van der Waals surface area (Å²) in [7, 11) is -3.98. The van der Waals surface area contributed by atoms with E-state index in [1.807, 2.05) is 13.0 Å². The fraction of sp³-hybridized carbons (Fsp3) is 0.133. The molecule has 0 atom stereocenters. The number of halogens is 1. The molecule has 20 heavy (non-hydrogen) atoms. The lowest BCUT2D eigenvalue weighted by Crippen LogP contribution is -2.17. The van der Waals surface area contributed by atoms with E-state index in [0.717, 1.165) is 17.7 Å². The molecule has 2 aromatic rings. The standard InChI is InChI=1S/C15H13FO3S/c1-11-5-4-6-12(9-11)14(17)10-20(18,19)15-8-3-2-7-13(15)16/h2-9H,10H2,1H3. The Hall–Kier alpha value is -2.01. The number of carbonyl (C=O) groups is 1. The van der Waals surface area contributed by atoms with Crippen LogP contribution in [-0.2, 0) is 9.84 Å². The lowest BCUT2D eigenvalue weighted by atomic mass is 10.1. The Labute approximate surface area is 117 Å². The number of benzene rings is 2. The predicted molar refractivity (Wildman–Crippen MR) is 74.0 cm³/mol. The third-order valence-corrected chi connectivity index (χ3v) is 4.48. The first-order chi connectivity index (χ1) is 9.40. The van der Waals surface area contributed by atoms with Gasteiger partial charge < -0.3 is 0 Å². The second kappa shape index (κ2) is 5.54. The van der Waals surface area contributed by atoms with Crippen molar-refractivity contribution in [2.75, 3.05) is 5.75 Å². The Kier molecular flexibility index (Phi) is 3.99. The molecule has 0 amide bonds. The molecule has 0 radical (unpaired) electrons. The van der Waals surface area contributed by atoms with Gasteiger partial charge in [0, 0.05) is 5.56 Å². The summed E-state index contributed by atoms with van der Waals surface area (Å²) in [6.45, 7) is 1.81. The summed E-state index contributed by atoms with van der Waals surface area (Å²) < 4.78 is 37.6. The highest BCUT2D eigenvalue weighted by molar-refractivity contribution is 7.92. The Morgan fingerprint density at radius 1 is 1.10 bits per heavy atom. The molecular formula is C15H13FO3S. The molecule has 0 aliphatic carbocycles.